The number of rotatable bonds is 12. The predicted octanol–water partition coefficient (Wildman–Crippen LogP) is 13.2. The van der Waals surface area contributed by atoms with Crippen molar-refractivity contribution in [3.63, 3.8) is 0 Å². The molecular weight excluding hydrogens is 1070 g/mol. The Morgan fingerprint density at radius 2 is 1.01 bits per heavy atom. The van der Waals surface area contributed by atoms with Gasteiger partial charge in [-0.3, -0.25) is 19.2 Å². The first kappa shape index (κ1) is 60.2. The highest BCUT2D eigenvalue weighted by Crippen LogP contribution is 2.78. The summed E-state index contributed by atoms with van der Waals surface area (Å²) < 4.78 is 50.9. The molecule has 84 heavy (non-hydrogen) atoms. The molecule has 8 saturated heterocycles. The maximum Gasteiger partial charge on any atom is 0.308 e. The zero-order valence-electron chi connectivity index (χ0n) is 52.9. The van der Waals surface area contributed by atoms with Crippen LogP contribution in [0.5, 0.6) is 0 Å². The largest absolute Gasteiger partial charge is 0.465 e. The lowest BCUT2D eigenvalue weighted by atomic mass is 9.32. The minimum Gasteiger partial charge on any atom is -0.465 e. The highest BCUT2D eigenvalue weighted by Gasteiger charge is 2.74. The van der Waals surface area contributed by atoms with E-state index in [0.29, 0.717) is 60.9 Å². The highest BCUT2D eigenvalue weighted by molar-refractivity contribution is 5.78. The van der Waals surface area contributed by atoms with Crippen LogP contribution in [0.1, 0.15) is 224 Å². The molecule has 0 unspecified atom stereocenters. The van der Waals surface area contributed by atoms with Crippen LogP contribution >= 0.6 is 0 Å². The van der Waals surface area contributed by atoms with Crippen molar-refractivity contribution < 1.29 is 76.6 Å². The number of ether oxygens (including phenoxy) is 8. The van der Waals surface area contributed by atoms with Gasteiger partial charge in [-0.15, -0.1) is 0 Å². The lowest BCUT2D eigenvalue weighted by Gasteiger charge is -2.73. The first-order valence-electron chi connectivity index (χ1n) is 33.5. The number of esters is 4. The molecule has 15 rings (SSSR count). The quantitative estimate of drug-likeness (QED) is 0.0779. The van der Waals surface area contributed by atoms with Crippen LogP contribution in [-0.2, 0) is 76.6 Å². The number of fused-ring (bicyclic) bond motifs is 11. The summed E-state index contributed by atoms with van der Waals surface area (Å²) in [6.45, 7) is 32.1. The Labute approximate surface area is 499 Å². The van der Waals surface area contributed by atoms with Crippen LogP contribution in [0, 0.1) is 104 Å². The Balaban J connectivity index is 0.615. The van der Waals surface area contributed by atoms with Crippen LogP contribution in [0.15, 0.2) is 12.2 Å². The Kier molecular flexibility index (Phi) is 15.0. The molecule has 8 heterocycles. The van der Waals surface area contributed by atoms with Crippen LogP contribution < -0.4 is 0 Å². The number of carbonyl (C=O) groups is 4. The van der Waals surface area contributed by atoms with Crippen molar-refractivity contribution in [2.75, 3.05) is 6.61 Å². The third-order valence-electron chi connectivity index (χ3n) is 27.7. The van der Waals surface area contributed by atoms with E-state index in [-0.39, 0.29) is 106 Å². The fourth-order valence-corrected chi connectivity index (χ4v) is 23.0. The predicted molar refractivity (Wildman–Crippen MR) is 304 cm³/mol. The van der Waals surface area contributed by atoms with Gasteiger partial charge < -0.3 is 37.9 Å². The van der Waals surface area contributed by atoms with E-state index >= 15 is 0 Å². The van der Waals surface area contributed by atoms with Crippen LogP contribution in [0.25, 0.3) is 0 Å². The molecule has 0 radical (unpaired) electrons. The number of allylic oxidation sites excluding steroid dienone is 1. The zero-order chi connectivity index (χ0) is 59.5. The van der Waals surface area contributed by atoms with E-state index < -0.39 is 59.9 Å². The molecule has 0 aromatic heterocycles. The molecule has 0 aromatic carbocycles. The van der Waals surface area contributed by atoms with Gasteiger partial charge in [-0.25, -0.2) is 19.6 Å². The fourth-order valence-electron chi connectivity index (χ4n) is 23.0. The normalized spacial score (nSPS) is 52.7. The number of hydrogen-bond donors (Lipinski definition) is 0. The van der Waals surface area contributed by atoms with Crippen LogP contribution in [0.3, 0.4) is 0 Å². The molecule has 15 aliphatic rings. The first-order valence-corrected chi connectivity index (χ1v) is 33.5. The summed E-state index contributed by atoms with van der Waals surface area (Å²) in [6.07, 6.45) is 13.8. The van der Waals surface area contributed by atoms with E-state index in [0.717, 1.165) is 103 Å². The Hall–Kier alpha value is -2.70. The van der Waals surface area contributed by atoms with Crippen molar-refractivity contribution in [1.29, 1.82) is 0 Å². The zero-order valence-corrected chi connectivity index (χ0v) is 52.9. The van der Waals surface area contributed by atoms with Gasteiger partial charge in [0.1, 0.15) is 6.10 Å². The maximum absolute atomic E-state index is 13.8. The molecule has 26 atom stereocenters. The van der Waals surface area contributed by atoms with Crippen LogP contribution in [-0.4, -0.2) is 84.5 Å². The second kappa shape index (κ2) is 20.9. The minimum absolute atomic E-state index is 0.0260. The molecule has 0 amide bonds. The molecule has 0 N–H and O–H groups in total. The van der Waals surface area contributed by atoms with Gasteiger partial charge in [0.05, 0.1) is 32.3 Å². The molecule has 8 aliphatic heterocycles. The van der Waals surface area contributed by atoms with Gasteiger partial charge in [-0.05, 0) is 193 Å². The van der Waals surface area contributed by atoms with Crippen LogP contribution in [0.2, 0.25) is 0 Å². The lowest BCUT2D eigenvalue weighted by molar-refractivity contribution is -0.576. The Morgan fingerprint density at radius 3 is 1.56 bits per heavy atom. The van der Waals surface area contributed by atoms with Gasteiger partial charge in [0.15, 0.2) is 23.8 Å². The molecule has 470 valence electrons. The lowest BCUT2D eigenvalue weighted by Crippen LogP contribution is -2.70. The fraction of sp³-hybridized carbons (Fsp3) is 0.912. The van der Waals surface area contributed by atoms with E-state index in [2.05, 4.69) is 75.8 Å². The summed E-state index contributed by atoms with van der Waals surface area (Å²) in [4.78, 5) is 79.3. The Morgan fingerprint density at radius 1 is 0.488 bits per heavy atom. The first-order chi connectivity index (χ1) is 39.7. The standard InChI is InChI=1S/C68H102O16/c1-37(2)42-24-33-66(36-73-51(69)20-21-53(71)75-56-40(5)45-16-14-38(3)43-25-31-64(12)79-58(77-56)67(43,45)83-81-64)35-34-62(10)47(55(42)66)18-19-49-61(9)29-28-50(60(7,8)48(61)27-30-63(49,62)11)74-52(70)22-23-54(72)76-57-41(6)46-17-15-39(4)44-26-32-65(13)80-59(78-57)68(44,46)84-82-65/h38-50,55-59H,1,14-36H2,2-13H3/t38-,39-,40-,41-,42+,43+,44+,45+,46+,47-,48+,49-,50+,55-,56-,57-,58-,59-,61+,62-,63-,64-,65-,66-,67-,68-/m1/s1. The van der Waals surface area contributed by atoms with Crippen molar-refractivity contribution in [2.24, 2.45) is 104 Å². The van der Waals surface area contributed by atoms with E-state index in [1.807, 2.05) is 13.8 Å². The van der Waals surface area contributed by atoms with E-state index in [9.17, 15) is 19.2 Å². The third kappa shape index (κ3) is 9.01. The molecule has 0 aromatic rings. The molecule has 16 heteroatoms. The van der Waals surface area contributed by atoms with E-state index in [4.69, 9.17) is 57.4 Å². The maximum atomic E-state index is 13.8. The monoisotopic (exact) mass is 1170 g/mol. The molecule has 2 spiro atoms. The summed E-state index contributed by atoms with van der Waals surface area (Å²) in [6, 6.07) is 0. The van der Waals surface area contributed by atoms with Crippen molar-refractivity contribution in [3.05, 3.63) is 12.2 Å². The molecule has 7 saturated carbocycles. The Bertz CT molecular complexity index is 2610. The smallest absolute Gasteiger partial charge is 0.308 e. The van der Waals surface area contributed by atoms with Gasteiger partial charge in [0.2, 0.25) is 24.2 Å². The van der Waals surface area contributed by atoms with E-state index in [1.165, 1.54) is 5.57 Å². The van der Waals surface area contributed by atoms with Crippen molar-refractivity contribution in [3.8, 4) is 0 Å². The van der Waals surface area contributed by atoms with Crippen molar-refractivity contribution in [2.45, 2.75) is 278 Å². The topological polar surface area (TPSA) is 179 Å². The third-order valence-corrected chi connectivity index (χ3v) is 27.7. The number of hydrogen-bond acceptors (Lipinski definition) is 16. The average molecular weight is 1180 g/mol. The second-order valence-electron chi connectivity index (χ2n) is 32.1. The van der Waals surface area contributed by atoms with Crippen LogP contribution in [0.4, 0.5) is 0 Å². The molecule has 16 nitrogen and oxygen atoms in total. The highest BCUT2D eigenvalue weighted by atomic mass is 17.3. The molecule has 7 aliphatic carbocycles. The summed E-state index contributed by atoms with van der Waals surface area (Å²) in [5.74, 6) is -0.517. The van der Waals surface area contributed by atoms with Gasteiger partial charge in [0, 0.05) is 47.3 Å². The van der Waals surface area contributed by atoms with E-state index in [1.54, 1.807) is 0 Å². The average Bonchev–Trinajstić information content (AvgIpc) is 0.996. The van der Waals surface area contributed by atoms with Gasteiger partial charge in [-0.2, -0.15) is 0 Å². The SMILES string of the molecule is C=C(C)[C@@H]1CC[C@]2(COC(=O)CCC(=O)O[C@@H]3O[C@@H]4O[C@@]5(C)CC[C@H]6[C@H](C)CC[C@@H]([C@H]3C)[C@@]46OO5)CC[C@]3(C)[C@H](CC[C@@H]4[C@@]5(C)CC[C@H](OC(=O)CCC(=O)O[C@@H]6O[C@@H]7O[C@@]8(C)CC[C@H]9[C@H](C)CC[C@@H]([C@H]6C)[C@@]79OO8)C(C)(C)[C@@H]5CC[C@]43C)[C@@H]12. The van der Waals surface area contributed by atoms with Gasteiger partial charge in [-0.1, -0.05) is 74.5 Å². The van der Waals surface area contributed by atoms with Crippen molar-refractivity contribution in [1.82, 2.24) is 0 Å². The second-order valence-corrected chi connectivity index (χ2v) is 32.1. The summed E-state index contributed by atoms with van der Waals surface area (Å²) in [5.41, 5.74) is -0.480. The minimum atomic E-state index is -0.929. The van der Waals surface area contributed by atoms with Gasteiger partial charge in [0.25, 0.3) is 0 Å². The van der Waals surface area contributed by atoms with Gasteiger partial charge >= 0.3 is 23.9 Å². The number of carbonyl (C=O) groups excluding carboxylic acids is 4. The molecule has 4 bridgehead atoms. The summed E-state index contributed by atoms with van der Waals surface area (Å²) in [7, 11) is 0. The summed E-state index contributed by atoms with van der Waals surface area (Å²) >= 11 is 0. The molecular formula is C68H102O16. The molecule has 15 fully saturated rings. The summed E-state index contributed by atoms with van der Waals surface area (Å²) in [5, 5.41) is 0. The van der Waals surface area contributed by atoms with Crippen molar-refractivity contribution >= 4 is 23.9 Å².